The Morgan fingerprint density at radius 1 is 1.21 bits per heavy atom. The average Bonchev–Trinajstić information content (AvgIpc) is 2.84. The zero-order valence-corrected chi connectivity index (χ0v) is 11.0. The Kier molecular flexibility index (Phi) is 3.91. The van der Waals surface area contributed by atoms with E-state index in [0.29, 0.717) is 0 Å². The van der Waals surface area contributed by atoms with Crippen LogP contribution in [0, 0.1) is 0 Å². The first kappa shape index (κ1) is 12.4. The first-order chi connectivity index (χ1) is 9.45. The topological polar surface area (TPSA) is 41.3 Å². The lowest BCUT2D eigenvalue weighted by atomic mass is 10.0. The number of furan rings is 1. The molecule has 1 fully saturated rings. The fourth-order valence-electron chi connectivity index (χ4n) is 2.66. The average molecular weight is 257 g/mol. The van der Waals surface area contributed by atoms with Crippen molar-refractivity contribution in [3.63, 3.8) is 0 Å². The van der Waals surface area contributed by atoms with Crippen molar-refractivity contribution < 1.29 is 4.42 Å². The van der Waals surface area contributed by atoms with Crippen molar-refractivity contribution in [1.29, 1.82) is 0 Å². The number of hydrogen-bond donors (Lipinski definition) is 1. The monoisotopic (exact) mass is 257 g/mol. The molecule has 0 aromatic carbocycles. The van der Waals surface area contributed by atoms with Gasteiger partial charge in [-0.2, -0.15) is 0 Å². The number of hydrogen-bond acceptors (Lipinski definition) is 4. The molecule has 4 nitrogen and oxygen atoms in total. The van der Waals surface area contributed by atoms with Crippen LogP contribution in [0.15, 0.2) is 47.3 Å². The van der Waals surface area contributed by atoms with E-state index in [-0.39, 0.29) is 6.04 Å². The molecule has 1 unspecified atom stereocenters. The predicted octanol–water partition coefficient (Wildman–Crippen LogP) is 2.06. The van der Waals surface area contributed by atoms with Crippen LogP contribution in [0.2, 0.25) is 0 Å². The van der Waals surface area contributed by atoms with Gasteiger partial charge < -0.3 is 9.73 Å². The number of pyridine rings is 1. The fourth-order valence-corrected chi connectivity index (χ4v) is 2.66. The van der Waals surface area contributed by atoms with Crippen molar-refractivity contribution in [2.75, 3.05) is 26.2 Å². The van der Waals surface area contributed by atoms with Crippen LogP contribution in [0.5, 0.6) is 0 Å². The van der Waals surface area contributed by atoms with Crippen LogP contribution < -0.4 is 5.32 Å². The standard InChI is InChI=1S/C15H19N3O/c1-4-13(12-17-6-1)15(14-5-2-11-19-14)18-9-3-7-16-8-10-18/h1-2,4-6,11-12,15-16H,3,7-10H2. The molecule has 1 saturated heterocycles. The molecule has 0 amide bonds. The fraction of sp³-hybridized carbons (Fsp3) is 0.400. The Morgan fingerprint density at radius 2 is 2.21 bits per heavy atom. The number of nitrogens with zero attached hydrogens (tertiary/aromatic N) is 2. The summed E-state index contributed by atoms with van der Waals surface area (Å²) in [5.74, 6) is 0.995. The third-order valence-electron chi connectivity index (χ3n) is 3.55. The van der Waals surface area contributed by atoms with E-state index in [0.717, 1.165) is 38.4 Å². The summed E-state index contributed by atoms with van der Waals surface area (Å²) in [6, 6.07) is 8.29. The van der Waals surface area contributed by atoms with E-state index in [4.69, 9.17) is 4.42 Å². The second kappa shape index (κ2) is 5.99. The molecular weight excluding hydrogens is 238 g/mol. The van der Waals surface area contributed by atoms with Gasteiger partial charge in [-0.15, -0.1) is 0 Å². The maximum atomic E-state index is 5.65. The SMILES string of the molecule is c1cncc(C(c2ccco2)N2CCCNCC2)c1. The van der Waals surface area contributed by atoms with Crippen molar-refractivity contribution in [3.8, 4) is 0 Å². The number of rotatable bonds is 3. The molecule has 1 aliphatic rings. The zero-order chi connectivity index (χ0) is 12.9. The van der Waals surface area contributed by atoms with Gasteiger partial charge in [-0.1, -0.05) is 6.07 Å². The molecule has 1 N–H and O–H groups in total. The molecule has 0 saturated carbocycles. The molecule has 3 heterocycles. The van der Waals surface area contributed by atoms with E-state index >= 15 is 0 Å². The van der Waals surface area contributed by atoms with E-state index in [1.165, 1.54) is 5.56 Å². The van der Waals surface area contributed by atoms with E-state index in [1.807, 2.05) is 24.5 Å². The first-order valence-corrected chi connectivity index (χ1v) is 6.83. The third kappa shape index (κ3) is 2.85. The summed E-state index contributed by atoms with van der Waals surface area (Å²) in [6.45, 7) is 4.22. The van der Waals surface area contributed by atoms with Crippen LogP contribution in [0.1, 0.15) is 23.8 Å². The van der Waals surface area contributed by atoms with Crippen LogP contribution in [0.4, 0.5) is 0 Å². The van der Waals surface area contributed by atoms with Gasteiger partial charge in [0.2, 0.25) is 0 Å². The molecule has 4 heteroatoms. The maximum absolute atomic E-state index is 5.65. The van der Waals surface area contributed by atoms with Gasteiger partial charge >= 0.3 is 0 Å². The van der Waals surface area contributed by atoms with Crippen molar-refractivity contribution in [2.24, 2.45) is 0 Å². The quantitative estimate of drug-likeness (QED) is 0.914. The zero-order valence-electron chi connectivity index (χ0n) is 11.0. The van der Waals surface area contributed by atoms with Gasteiger partial charge in [0.25, 0.3) is 0 Å². The molecular formula is C15H19N3O. The van der Waals surface area contributed by atoms with E-state index in [1.54, 1.807) is 6.26 Å². The largest absolute Gasteiger partial charge is 0.467 e. The van der Waals surface area contributed by atoms with Gasteiger partial charge in [-0.3, -0.25) is 9.88 Å². The number of nitrogens with one attached hydrogen (secondary N) is 1. The lowest BCUT2D eigenvalue weighted by Gasteiger charge is -2.29. The highest BCUT2D eigenvalue weighted by molar-refractivity contribution is 5.24. The summed E-state index contributed by atoms with van der Waals surface area (Å²) < 4.78 is 5.65. The van der Waals surface area contributed by atoms with Crippen LogP contribution in [-0.4, -0.2) is 36.1 Å². The van der Waals surface area contributed by atoms with E-state index in [2.05, 4.69) is 27.3 Å². The van der Waals surface area contributed by atoms with Crippen molar-refractivity contribution in [2.45, 2.75) is 12.5 Å². The van der Waals surface area contributed by atoms with Crippen LogP contribution in [-0.2, 0) is 0 Å². The van der Waals surface area contributed by atoms with Gasteiger partial charge in [0.1, 0.15) is 5.76 Å². The Bertz CT molecular complexity index is 475. The Balaban J connectivity index is 1.92. The summed E-state index contributed by atoms with van der Waals surface area (Å²) >= 11 is 0. The molecule has 1 aliphatic heterocycles. The molecule has 19 heavy (non-hydrogen) atoms. The minimum atomic E-state index is 0.170. The predicted molar refractivity (Wildman–Crippen MR) is 73.8 cm³/mol. The summed E-state index contributed by atoms with van der Waals surface area (Å²) in [5, 5.41) is 3.44. The summed E-state index contributed by atoms with van der Waals surface area (Å²) in [6.07, 6.45) is 6.66. The molecule has 1 atom stereocenters. The molecule has 0 bridgehead atoms. The Morgan fingerprint density at radius 3 is 3.00 bits per heavy atom. The van der Waals surface area contributed by atoms with Gasteiger partial charge in [-0.25, -0.2) is 0 Å². The first-order valence-electron chi connectivity index (χ1n) is 6.83. The second-order valence-corrected chi connectivity index (χ2v) is 4.84. The van der Waals surface area contributed by atoms with Crippen molar-refractivity contribution in [1.82, 2.24) is 15.2 Å². The van der Waals surface area contributed by atoms with Crippen molar-refractivity contribution in [3.05, 3.63) is 54.2 Å². The smallest absolute Gasteiger partial charge is 0.125 e. The molecule has 0 radical (unpaired) electrons. The van der Waals surface area contributed by atoms with Gasteiger partial charge in [0.15, 0.2) is 0 Å². The highest BCUT2D eigenvalue weighted by atomic mass is 16.3. The van der Waals surface area contributed by atoms with Crippen LogP contribution in [0.3, 0.4) is 0 Å². The highest BCUT2D eigenvalue weighted by Gasteiger charge is 2.25. The second-order valence-electron chi connectivity index (χ2n) is 4.84. The summed E-state index contributed by atoms with van der Waals surface area (Å²) in [7, 11) is 0. The molecule has 2 aromatic heterocycles. The third-order valence-corrected chi connectivity index (χ3v) is 3.55. The summed E-state index contributed by atoms with van der Waals surface area (Å²) in [5.41, 5.74) is 1.19. The minimum Gasteiger partial charge on any atom is -0.467 e. The van der Waals surface area contributed by atoms with Crippen LogP contribution >= 0.6 is 0 Å². The van der Waals surface area contributed by atoms with Crippen LogP contribution in [0.25, 0.3) is 0 Å². The molecule has 0 aliphatic carbocycles. The molecule has 100 valence electrons. The van der Waals surface area contributed by atoms with E-state index in [9.17, 15) is 0 Å². The summed E-state index contributed by atoms with van der Waals surface area (Å²) in [4.78, 5) is 6.72. The molecule has 3 rings (SSSR count). The Hall–Kier alpha value is -1.65. The lowest BCUT2D eigenvalue weighted by molar-refractivity contribution is 0.215. The van der Waals surface area contributed by atoms with E-state index < -0.39 is 0 Å². The lowest BCUT2D eigenvalue weighted by Crippen LogP contribution is -2.32. The molecule has 2 aromatic rings. The van der Waals surface area contributed by atoms with Gasteiger partial charge in [-0.05, 0) is 36.7 Å². The van der Waals surface area contributed by atoms with Gasteiger partial charge in [0.05, 0.1) is 12.3 Å². The normalized spacial score (nSPS) is 18.9. The maximum Gasteiger partial charge on any atom is 0.125 e. The number of aromatic nitrogens is 1. The highest BCUT2D eigenvalue weighted by Crippen LogP contribution is 2.28. The Labute approximate surface area is 113 Å². The van der Waals surface area contributed by atoms with Gasteiger partial charge in [0, 0.05) is 32.0 Å². The van der Waals surface area contributed by atoms with Crippen molar-refractivity contribution >= 4 is 0 Å². The minimum absolute atomic E-state index is 0.170. The molecule has 0 spiro atoms.